The Morgan fingerprint density at radius 2 is 1.65 bits per heavy atom. The molecule has 2 rings (SSSR count). The zero-order valence-corrected chi connectivity index (χ0v) is 11.7. The van der Waals surface area contributed by atoms with Gasteiger partial charge in [-0.3, -0.25) is 4.31 Å². The number of phenolic OH excluding ortho intramolecular Hbond substituents is 2. The predicted octanol–water partition coefficient (Wildman–Crippen LogP) is 2.31. The van der Waals surface area contributed by atoms with E-state index >= 15 is 0 Å². The molecule has 0 aliphatic carbocycles. The van der Waals surface area contributed by atoms with Crippen molar-refractivity contribution in [1.82, 2.24) is 0 Å². The normalized spacial score (nSPS) is 11.2. The van der Waals surface area contributed by atoms with Gasteiger partial charge < -0.3 is 10.2 Å². The summed E-state index contributed by atoms with van der Waals surface area (Å²) in [4.78, 5) is 0.0838. The molecule has 0 saturated carbocycles. The Kier molecular flexibility index (Phi) is 3.85. The van der Waals surface area contributed by atoms with Crippen LogP contribution in [-0.4, -0.2) is 25.2 Å². The molecule has 0 aliphatic heterocycles. The van der Waals surface area contributed by atoms with E-state index in [0.717, 1.165) is 0 Å². The van der Waals surface area contributed by atoms with E-state index in [-0.39, 0.29) is 22.9 Å². The highest BCUT2D eigenvalue weighted by molar-refractivity contribution is 7.92. The van der Waals surface area contributed by atoms with Crippen LogP contribution < -0.4 is 4.31 Å². The molecule has 0 spiro atoms. The number of nitrogens with zero attached hydrogens (tertiary/aromatic N) is 1. The molecule has 2 aromatic rings. The Hall–Kier alpha value is -2.21. The summed E-state index contributed by atoms with van der Waals surface area (Å²) < 4.78 is 26.3. The lowest BCUT2D eigenvalue weighted by Crippen LogP contribution is -2.30. The molecule has 0 unspecified atom stereocenters. The van der Waals surface area contributed by atoms with E-state index in [1.165, 1.54) is 40.7 Å². The number of benzene rings is 2. The van der Waals surface area contributed by atoms with E-state index in [1.54, 1.807) is 19.1 Å². The number of phenols is 2. The summed E-state index contributed by atoms with van der Waals surface area (Å²) in [5.41, 5.74) is 0.389. The van der Waals surface area contributed by atoms with Crippen molar-refractivity contribution in [1.29, 1.82) is 0 Å². The smallest absolute Gasteiger partial charge is 0.264 e. The maximum Gasteiger partial charge on any atom is 0.264 e. The lowest BCUT2D eigenvalue weighted by atomic mass is 10.3. The maximum absolute atomic E-state index is 12.5. The predicted molar refractivity (Wildman–Crippen MR) is 76.4 cm³/mol. The van der Waals surface area contributed by atoms with Gasteiger partial charge in [-0.1, -0.05) is 6.07 Å². The summed E-state index contributed by atoms with van der Waals surface area (Å²) in [5, 5.41) is 18.7. The molecule has 0 heterocycles. The number of sulfonamides is 1. The molecular weight excluding hydrogens is 278 g/mol. The number of aromatic hydroxyl groups is 2. The molecule has 2 N–H and O–H groups in total. The van der Waals surface area contributed by atoms with Gasteiger partial charge in [-0.05, 0) is 43.3 Å². The fourth-order valence-corrected chi connectivity index (χ4v) is 3.35. The third-order valence-electron chi connectivity index (χ3n) is 2.83. The highest BCUT2D eigenvalue weighted by atomic mass is 32.2. The minimum atomic E-state index is -3.73. The monoisotopic (exact) mass is 293 g/mol. The van der Waals surface area contributed by atoms with Gasteiger partial charge in [0.05, 0.1) is 10.6 Å². The van der Waals surface area contributed by atoms with Crippen molar-refractivity contribution in [2.24, 2.45) is 0 Å². The first-order valence-corrected chi connectivity index (χ1v) is 7.50. The first-order valence-electron chi connectivity index (χ1n) is 6.06. The van der Waals surface area contributed by atoms with Crippen LogP contribution in [0.5, 0.6) is 11.5 Å². The summed E-state index contributed by atoms with van der Waals surface area (Å²) in [7, 11) is -3.73. The van der Waals surface area contributed by atoms with Crippen molar-refractivity contribution >= 4 is 15.7 Å². The first kappa shape index (κ1) is 14.2. The molecule has 6 heteroatoms. The molecule has 20 heavy (non-hydrogen) atoms. The van der Waals surface area contributed by atoms with Crippen LogP contribution in [0.4, 0.5) is 5.69 Å². The van der Waals surface area contributed by atoms with Crippen LogP contribution in [0.2, 0.25) is 0 Å². The zero-order valence-electron chi connectivity index (χ0n) is 10.9. The summed E-state index contributed by atoms with van der Waals surface area (Å²) >= 11 is 0. The maximum atomic E-state index is 12.5. The Balaban J connectivity index is 2.47. The van der Waals surface area contributed by atoms with Crippen LogP contribution in [-0.2, 0) is 10.0 Å². The third kappa shape index (κ3) is 2.70. The number of hydrogen-bond acceptors (Lipinski definition) is 4. The van der Waals surface area contributed by atoms with Gasteiger partial charge in [0.1, 0.15) is 11.5 Å². The first-order chi connectivity index (χ1) is 9.45. The second-order valence-electron chi connectivity index (χ2n) is 4.18. The van der Waals surface area contributed by atoms with Crippen molar-refractivity contribution < 1.29 is 18.6 Å². The van der Waals surface area contributed by atoms with Crippen molar-refractivity contribution in [3.63, 3.8) is 0 Å². The molecule has 106 valence electrons. The van der Waals surface area contributed by atoms with E-state index in [1.807, 2.05) is 0 Å². The van der Waals surface area contributed by atoms with E-state index in [4.69, 9.17) is 0 Å². The highest BCUT2D eigenvalue weighted by Crippen LogP contribution is 2.26. The third-order valence-corrected chi connectivity index (χ3v) is 4.75. The molecule has 5 nitrogen and oxygen atoms in total. The number of anilines is 1. The average Bonchev–Trinajstić information content (AvgIpc) is 2.40. The van der Waals surface area contributed by atoms with Crippen molar-refractivity contribution in [2.75, 3.05) is 10.8 Å². The highest BCUT2D eigenvalue weighted by Gasteiger charge is 2.23. The van der Waals surface area contributed by atoms with Crippen LogP contribution in [0, 0.1) is 0 Å². The lowest BCUT2D eigenvalue weighted by Gasteiger charge is -2.23. The molecule has 0 bridgehead atoms. The van der Waals surface area contributed by atoms with Gasteiger partial charge in [0.25, 0.3) is 10.0 Å². The van der Waals surface area contributed by atoms with Gasteiger partial charge in [0.2, 0.25) is 0 Å². The molecule has 0 aliphatic rings. The van der Waals surface area contributed by atoms with Crippen molar-refractivity contribution in [3.05, 3.63) is 48.5 Å². The van der Waals surface area contributed by atoms with Gasteiger partial charge in [-0.25, -0.2) is 8.42 Å². The average molecular weight is 293 g/mol. The second-order valence-corrected chi connectivity index (χ2v) is 6.05. The van der Waals surface area contributed by atoms with Gasteiger partial charge in [0, 0.05) is 12.6 Å². The summed E-state index contributed by atoms with van der Waals surface area (Å²) in [5.74, 6) is 0.00575. The quantitative estimate of drug-likeness (QED) is 0.906. The molecule has 0 radical (unpaired) electrons. The fraction of sp³-hybridized carbons (Fsp3) is 0.143. The van der Waals surface area contributed by atoms with Gasteiger partial charge in [-0.15, -0.1) is 0 Å². The van der Waals surface area contributed by atoms with E-state index in [9.17, 15) is 18.6 Å². The molecule has 0 atom stereocenters. The van der Waals surface area contributed by atoms with Gasteiger partial charge in [0.15, 0.2) is 0 Å². The van der Waals surface area contributed by atoms with Gasteiger partial charge >= 0.3 is 0 Å². The SMILES string of the molecule is CCN(c1cccc(O)c1)S(=O)(=O)c1ccc(O)cc1. The lowest BCUT2D eigenvalue weighted by molar-refractivity contribution is 0.474. The summed E-state index contributed by atoms with van der Waals surface area (Å²) in [6, 6.07) is 11.4. The fourth-order valence-electron chi connectivity index (χ4n) is 1.88. The number of rotatable bonds is 4. The van der Waals surface area contributed by atoms with Crippen LogP contribution in [0.1, 0.15) is 6.92 Å². The van der Waals surface area contributed by atoms with E-state index in [2.05, 4.69) is 0 Å². The van der Waals surface area contributed by atoms with Crippen LogP contribution in [0.15, 0.2) is 53.4 Å². The molecule has 0 aromatic heterocycles. The minimum absolute atomic E-state index is 0.00172. The van der Waals surface area contributed by atoms with E-state index < -0.39 is 10.0 Å². The van der Waals surface area contributed by atoms with Crippen LogP contribution in [0.25, 0.3) is 0 Å². The summed E-state index contributed by atoms with van der Waals surface area (Å²) in [6.45, 7) is 1.94. The Bertz CT molecular complexity index is 695. The van der Waals surface area contributed by atoms with E-state index in [0.29, 0.717) is 5.69 Å². The largest absolute Gasteiger partial charge is 0.508 e. The Morgan fingerprint density at radius 1 is 1.00 bits per heavy atom. The molecular formula is C14H15NO4S. The minimum Gasteiger partial charge on any atom is -0.508 e. The topological polar surface area (TPSA) is 77.8 Å². The molecule has 2 aromatic carbocycles. The van der Waals surface area contributed by atoms with Gasteiger partial charge in [-0.2, -0.15) is 0 Å². The molecule has 0 amide bonds. The second kappa shape index (κ2) is 5.42. The van der Waals surface area contributed by atoms with Crippen LogP contribution >= 0.6 is 0 Å². The standard InChI is InChI=1S/C14H15NO4S/c1-2-15(11-4-3-5-13(17)10-11)20(18,19)14-8-6-12(16)7-9-14/h3-10,16-17H,2H2,1H3. The number of hydrogen-bond donors (Lipinski definition) is 2. The van der Waals surface area contributed by atoms with Crippen molar-refractivity contribution in [3.8, 4) is 11.5 Å². The Labute approximate surface area is 117 Å². The van der Waals surface area contributed by atoms with Crippen molar-refractivity contribution in [2.45, 2.75) is 11.8 Å². The summed E-state index contributed by atoms with van der Waals surface area (Å²) in [6.07, 6.45) is 0. The zero-order chi connectivity index (χ0) is 14.8. The van der Waals surface area contributed by atoms with Crippen LogP contribution in [0.3, 0.4) is 0 Å². The molecule has 0 fully saturated rings. The molecule has 0 saturated heterocycles. The Morgan fingerprint density at radius 3 is 2.20 bits per heavy atom.